The molecule has 2 saturated heterocycles. The van der Waals surface area contributed by atoms with Crippen molar-refractivity contribution in [1.82, 2.24) is 19.6 Å². The summed E-state index contributed by atoms with van der Waals surface area (Å²) in [5, 5.41) is 48.5. The van der Waals surface area contributed by atoms with Gasteiger partial charge in [-0.3, -0.25) is 28.5 Å². The van der Waals surface area contributed by atoms with E-state index in [-0.39, 0.29) is 59.3 Å². The number of benzene rings is 2. The molecule has 2 aromatic heterocycles. The van der Waals surface area contributed by atoms with Gasteiger partial charge in [-0.25, -0.2) is 8.78 Å². The van der Waals surface area contributed by atoms with Gasteiger partial charge in [-0.05, 0) is 64.8 Å². The molecule has 0 saturated carbocycles. The quantitative estimate of drug-likeness (QED) is 0.0624. The number of aromatic nitrogens is 4. The summed E-state index contributed by atoms with van der Waals surface area (Å²) < 4.78 is 116. The average Bonchev–Trinajstić information content (AvgIpc) is 3.83. The molecule has 10 atom stereocenters. The number of carbonyl (C=O) groups excluding carboxylic acids is 4. The largest absolute Gasteiger partial charge is 0.494 e. The normalized spacial score (nSPS) is 23.3. The van der Waals surface area contributed by atoms with Crippen LogP contribution in [0, 0.1) is 37.1 Å². The van der Waals surface area contributed by atoms with Crippen LogP contribution in [-0.4, -0.2) is 153 Å². The molecule has 0 aliphatic carbocycles. The van der Waals surface area contributed by atoms with E-state index in [1.54, 1.807) is 23.2 Å². The highest BCUT2D eigenvalue weighted by molar-refractivity contribution is 5.69. The minimum atomic E-state index is -1.64. The highest BCUT2D eigenvalue weighted by Crippen LogP contribution is 2.36. The predicted molar refractivity (Wildman–Crippen MR) is 253 cm³/mol. The van der Waals surface area contributed by atoms with Crippen LogP contribution in [0.1, 0.15) is 101 Å². The van der Waals surface area contributed by atoms with Gasteiger partial charge < -0.3 is 67.8 Å². The lowest BCUT2D eigenvalue weighted by molar-refractivity contribution is -0.289. The maximum Gasteiger partial charge on any atom is 0.303 e. The Morgan fingerprint density at radius 3 is 1.42 bits per heavy atom. The zero-order chi connectivity index (χ0) is 56.6. The van der Waals surface area contributed by atoms with Gasteiger partial charge in [0.05, 0.1) is 20.8 Å². The molecule has 76 heavy (non-hydrogen) atoms. The van der Waals surface area contributed by atoms with Gasteiger partial charge in [-0.2, -0.15) is 8.78 Å². The summed E-state index contributed by atoms with van der Waals surface area (Å²) in [6.07, 6.45) is -14.9. The zero-order valence-corrected chi connectivity index (χ0v) is 43.9. The van der Waals surface area contributed by atoms with E-state index < -0.39 is 122 Å². The summed E-state index contributed by atoms with van der Waals surface area (Å²) in [6, 6.07) is 5.06. The number of aliphatic hydroxyl groups excluding tert-OH is 4. The summed E-state index contributed by atoms with van der Waals surface area (Å²) in [5.74, 6) is -8.17. The lowest BCUT2D eigenvalue weighted by Gasteiger charge is -2.43. The number of methoxy groups -OCH3 is 2. The molecular weight excluding hydrogens is 1020 g/mol. The molecular formula is C50H64F4N4O18. The second kappa shape index (κ2) is 26.0. The van der Waals surface area contributed by atoms with E-state index >= 15 is 4.39 Å². The topological polar surface area (TPSA) is 277 Å². The third kappa shape index (κ3) is 13.9. The van der Waals surface area contributed by atoms with Crippen molar-refractivity contribution in [2.24, 2.45) is 0 Å². The number of aliphatic hydroxyl groups is 4. The number of hydrogen-bond acceptors (Lipinski definition) is 20. The Labute approximate surface area is 434 Å². The second-order valence-electron chi connectivity index (χ2n) is 18.3. The summed E-state index contributed by atoms with van der Waals surface area (Å²) >= 11 is 0. The number of hydrogen-bond donors (Lipinski definition) is 4. The molecule has 4 N–H and O–H groups in total. The Hall–Kier alpha value is -6.58. The summed E-state index contributed by atoms with van der Waals surface area (Å²) in [7, 11) is 2.45. The third-order valence-electron chi connectivity index (χ3n) is 12.1. The summed E-state index contributed by atoms with van der Waals surface area (Å²) in [4.78, 5) is 47.9. The van der Waals surface area contributed by atoms with Crippen molar-refractivity contribution in [2.75, 3.05) is 27.4 Å². The number of rotatable bonds is 18. The first-order valence-electron chi connectivity index (χ1n) is 23.9. The van der Waals surface area contributed by atoms with Crippen LogP contribution >= 0.6 is 0 Å². The molecule has 2 aliphatic rings. The van der Waals surface area contributed by atoms with Crippen molar-refractivity contribution in [3.05, 3.63) is 81.2 Å². The molecule has 4 heterocycles. The van der Waals surface area contributed by atoms with Crippen LogP contribution in [0.4, 0.5) is 17.6 Å². The molecule has 0 spiro atoms. The maximum absolute atomic E-state index is 15.0. The van der Waals surface area contributed by atoms with Gasteiger partial charge in [0.2, 0.25) is 42.1 Å². The molecule has 26 heteroatoms. The molecule has 4 aromatic rings. The van der Waals surface area contributed by atoms with Crippen LogP contribution < -0.4 is 18.9 Å². The fourth-order valence-corrected chi connectivity index (χ4v) is 8.44. The maximum atomic E-state index is 15.0. The Bertz CT molecular complexity index is 2700. The van der Waals surface area contributed by atoms with Crippen molar-refractivity contribution in [3.63, 3.8) is 0 Å². The van der Waals surface area contributed by atoms with Crippen molar-refractivity contribution in [2.45, 2.75) is 156 Å². The number of ether oxygens (including phenoxy) is 10. The van der Waals surface area contributed by atoms with Crippen LogP contribution in [0.15, 0.2) is 24.3 Å². The van der Waals surface area contributed by atoms with Gasteiger partial charge >= 0.3 is 23.9 Å². The van der Waals surface area contributed by atoms with Crippen LogP contribution in [0.3, 0.4) is 0 Å². The molecule has 0 radical (unpaired) electrons. The van der Waals surface area contributed by atoms with E-state index in [9.17, 15) is 52.8 Å². The Morgan fingerprint density at radius 1 is 0.592 bits per heavy atom. The standard InChI is InChI=1S/C29H36F2N2O11.C21H28F2N2O7/c1-13(2)33-14(3)20(11-19-9-10-21(38-8)24(31)23(19)30)28(32-33)44-29-27(42-18(7)37)26(41-17(6)36)25(40-16(5)35)22(43-29)12-39-15(4)34;1-9(2)25-10(3)12(7-11-5-6-13(30-4)16(23)15(11)22)20(24-25)32-21-19(29)18(28)17(27)14(8-26)31-21/h9-10,13,22,25-27,29H,11-12H2,1-8H3;5-6,9,14,17-19,21,26-29H,7-8H2,1-4H3/t22-,25-,26+,27-,29+;14-,17-,18+,19-,21+/m11/s1. The zero-order valence-electron chi connectivity index (χ0n) is 43.9. The van der Waals surface area contributed by atoms with Crippen molar-refractivity contribution in [1.29, 1.82) is 0 Å². The fraction of sp³-hybridized carbons (Fsp3) is 0.560. The SMILES string of the molecule is COc1ccc(Cc2c(O[C@@H]3O[C@H](CO)[C@@H](O)[C@H](O)[C@H]3O)nn(C(C)C)c2C)c(F)c1F.COc1ccc(Cc2c(O[C@@H]3O[C@H](COC(C)=O)[C@@H](OC(C)=O)[C@H](OC(C)=O)[C@H]3OC(C)=O)nn(C(C)C)c2C)c(F)c1F. The molecule has 2 fully saturated rings. The second-order valence-corrected chi connectivity index (χ2v) is 18.3. The minimum absolute atomic E-state index is 0.0174. The summed E-state index contributed by atoms with van der Waals surface area (Å²) in [6.45, 7) is 14.2. The van der Waals surface area contributed by atoms with Crippen LogP contribution in [0.25, 0.3) is 0 Å². The molecule has 22 nitrogen and oxygen atoms in total. The average molecular weight is 1090 g/mol. The molecule has 420 valence electrons. The van der Waals surface area contributed by atoms with Crippen molar-refractivity contribution < 1.29 is 105 Å². The molecule has 2 aromatic carbocycles. The first kappa shape index (κ1) is 60.3. The monoisotopic (exact) mass is 1080 g/mol. The highest BCUT2D eigenvalue weighted by Gasteiger charge is 2.54. The molecule has 0 amide bonds. The van der Waals surface area contributed by atoms with E-state index in [1.807, 2.05) is 27.7 Å². The number of nitrogens with zero attached hydrogens (tertiary/aromatic N) is 4. The summed E-state index contributed by atoms with van der Waals surface area (Å²) in [5.41, 5.74) is 1.94. The number of halogens is 4. The lowest BCUT2D eigenvalue weighted by atomic mass is 9.98. The first-order valence-corrected chi connectivity index (χ1v) is 23.9. The van der Waals surface area contributed by atoms with Gasteiger partial charge in [0.1, 0.15) is 37.1 Å². The van der Waals surface area contributed by atoms with Gasteiger partial charge in [-0.15, -0.1) is 10.2 Å². The van der Waals surface area contributed by atoms with E-state index in [0.717, 1.165) is 27.7 Å². The van der Waals surface area contributed by atoms with Crippen molar-refractivity contribution >= 4 is 23.9 Å². The Kier molecular flexibility index (Phi) is 20.6. The molecule has 6 rings (SSSR count). The van der Waals surface area contributed by atoms with Crippen LogP contribution in [-0.2, 0) is 60.4 Å². The Morgan fingerprint density at radius 2 is 1.01 bits per heavy atom. The highest BCUT2D eigenvalue weighted by atomic mass is 19.2. The van der Waals surface area contributed by atoms with Gasteiger partial charge in [0.15, 0.2) is 35.3 Å². The van der Waals surface area contributed by atoms with Gasteiger partial charge in [0.25, 0.3) is 0 Å². The number of esters is 4. The van der Waals surface area contributed by atoms with Gasteiger partial charge in [0, 0.05) is 75.1 Å². The predicted octanol–water partition coefficient (Wildman–Crippen LogP) is 3.94. The van der Waals surface area contributed by atoms with E-state index in [2.05, 4.69) is 10.2 Å². The van der Waals surface area contributed by atoms with E-state index in [1.165, 1.54) is 38.5 Å². The van der Waals surface area contributed by atoms with Gasteiger partial charge in [-0.1, -0.05) is 12.1 Å². The first-order chi connectivity index (χ1) is 35.7. The van der Waals surface area contributed by atoms with Crippen molar-refractivity contribution in [3.8, 4) is 23.3 Å². The lowest BCUT2D eigenvalue weighted by Crippen LogP contribution is -2.63. The van der Waals surface area contributed by atoms with Crippen LogP contribution in [0.5, 0.6) is 23.3 Å². The molecule has 0 bridgehead atoms. The Balaban J connectivity index is 0.000000295. The number of carbonyl (C=O) groups is 4. The minimum Gasteiger partial charge on any atom is -0.494 e. The fourth-order valence-electron chi connectivity index (χ4n) is 8.44. The molecule has 2 aliphatic heterocycles. The third-order valence-corrected chi connectivity index (χ3v) is 12.1. The smallest absolute Gasteiger partial charge is 0.303 e. The van der Waals surface area contributed by atoms with E-state index in [0.29, 0.717) is 22.5 Å². The van der Waals surface area contributed by atoms with E-state index in [4.69, 9.17) is 47.4 Å². The van der Waals surface area contributed by atoms with Crippen LogP contribution in [0.2, 0.25) is 0 Å². The molecule has 0 unspecified atom stereocenters.